The van der Waals surface area contributed by atoms with Gasteiger partial charge in [-0.15, -0.1) is 0 Å². The molecular formula is C15H14BrF2NO2. The molecule has 0 fully saturated rings. The molecule has 0 amide bonds. The van der Waals surface area contributed by atoms with Crippen molar-refractivity contribution in [3.63, 3.8) is 0 Å². The fourth-order valence-corrected chi connectivity index (χ4v) is 2.25. The molecule has 2 aromatic carbocycles. The van der Waals surface area contributed by atoms with Crippen LogP contribution in [0, 0.1) is 0 Å². The fourth-order valence-electron chi connectivity index (χ4n) is 1.78. The molecule has 0 saturated carbocycles. The van der Waals surface area contributed by atoms with E-state index in [0.717, 1.165) is 21.5 Å². The van der Waals surface area contributed by atoms with Crippen LogP contribution in [0.5, 0.6) is 11.5 Å². The number of ether oxygens (including phenoxy) is 2. The van der Waals surface area contributed by atoms with Gasteiger partial charge in [0, 0.05) is 22.8 Å². The van der Waals surface area contributed by atoms with Gasteiger partial charge in [-0.1, -0.05) is 28.1 Å². The molecule has 0 aliphatic rings. The number of rotatable bonds is 6. The number of nitrogens with one attached hydrogen (secondary N) is 1. The minimum atomic E-state index is -2.80. The van der Waals surface area contributed by atoms with E-state index in [0.29, 0.717) is 6.54 Å². The quantitative estimate of drug-likeness (QED) is 0.814. The van der Waals surface area contributed by atoms with Crippen molar-refractivity contribution in [2.75, 3.05) is 12.4 Å². The zero-order valence-electron chi connectivity index (χ0n) is 11.3. The van der Waals surface area contributed by atoms with Crippen molar-refractivity contribution < 1.29 is 18.3 Å². The monoisotopic (exact) mass is 357 g/mol. The summed E-state index contributed by atoms with van der Waals surface area (Å²) in [5.41, 5.74) is 1.85. The standard InChI is InChI=1S/C15H14BrF2NO2/c1-20-14-7-11(16)6-12(8-14)19-9-10-2-4-13(5-3-10)21-15(17)18/h2-8,15,19H,9H2,1H3. The summed E-state index contributed by atoms with van der Waals surface area (Å²) in [5.74, 6) is 0.894. The van der Waals surface area contributed by atoms with Gasteiger partial charge in [-0.2, -0.15) is 8.78 Å². The first-order valence-electron chi connectivity index (χ1n) is 6.19. The van der Waals surface area contributed by atoms with E-state index in [-0.39, 0.29) is 5.75 Å². The van der Waals surface area contributed by atoms with Crippen LogP contribution in [-0.2, 0) is 6.54 Å². The zero-order valence-corrected chi connectivity index (χ0v) is 12.9. The summed E-state index contributed by atoms with van der Waals surface area (Å²) in [6.07, 6.45) is 0. The molecule has 0 unspecified atom stereocenters. The molecule has 6 heteroatoms. The number of alkyl halides is 2. The maximum absolute atomic E-state index is 12.0. The molecule has 0 aliphatic carbocycles. The summed E-state index contributed by atoms with van der Waals surface area (Å²) in [6, 6.07) is 12.2. The summed E-state index contributed by atoms with van der Waals surface area (Å²) >= 11 is 3.40. The first-order valence-corrected chi connectivity index (χ1v) is 6.98. The lowest BCUT2D eigenvalue weighted by molar-refractivity contribution is -0.0498. The van der Waals surface area contributed by atoms with E-state index in [1.165, 1.54) is 12.1 Å². The molecule has 0 radical (unpaired) electrons. The van der Waals surface area contributed by atoms with Gasteiger partial charge >= 0.3 is 6.61 Å². The first-order chi connectivity index (χ1) is 10.1. The van der Waals surface area contributed by atoms with Gasteiger partial charge in [0.15, 0.2) is 0 Å². The number of anilines is 1. The third kappa shape index (κ3) is 4.90. The van der Waals surface area contributed by atoms with Crippen molar-refractivity contribution in [1.29, 1.82) is 0 Å². The van der Waals surface area contributed by atoms with Crippen LogP contribution >= 0.6 is 15.9 Å². The predicted molar refractivity (Wildman–Crippen MR) is 81.1 cm³/mol. The Morgan fingerprint density at radius 3 is 2.43 bits per heavy atom. The average molecular weight is 358 g/mol. The molecule has 0 aromatic heterocycles. The Labute approximate surface area is 130 Å². The molecule has 0 aliphatic heterocycles. The highest BCUT2D eigenvalue weighted by atomic mass is 79.9. The molecular weight excluding hydrogens is 344 g/mol. The van der Waals surface area contributed by atoms with E-state index >= 15 is 0 Å². The molecule has 0 bridgehead atoms. The zero-order chi connectivity index (χ0) is 15.2. The lowest BCUT2D eigenvalue weighted by atomic mass is 10.2. The van der Waals surface area contributed by atoms with E-state index in [1.807, 2.05) is 18.2 Å². The van der Waals surface area contributed by atoms with Crippen molar-refractivity contribution in [2.45, 2.75) is 13.2 Å². The lowest BCUT2D eigenvalue weighted by Gasteiger charge is -2.10. The average Bonchev–Trinajstić information content (AvgIpc) is 2.45. The Bertz CT molecular complexity index is 591. The van der Waals surface area contributed by atoms with Gasteiger partial charge in [-0.3, -0.25) is 0 Å². The predicted octanol–water partition coefficient (Wildman–Crippen LogP) is 4.67. The molecule has 21 heavy (non-hydrogen) atoms. The van der Waals surface area contributed by atoms with E-state index < -0.39 is 6.61 Å². The summed E-state index contributed by atoms with van der Waals surface area (Å²) in [4.78, 5) is 0. The second-order valence-electron chi connectivity index (χ2n) is 4.26. The maximum Gasteiger partial charge on any atom is 0.387 e. The van der Waals surface area contributed by atoms with Crippen molar-refractivity contribution in [1.82, 2.24) is 0 Å². The van der Waals surface area contributed by atoms with Crippen LogP contribution in [0.4, 0.5) is 14.5 Å². The fraction of sp³-hybridized carbons (Fsp3) is 0.200. The van der Waals surface area contributed by atoms with Crippen molar-refractivity contribution in [2.24, 2.45) is 0 Å². The number of hydrogen-bond donors (Lipinski definition) is 1. The highest BCUT2D eigenvalue weighted by molar-refractivity contribution is 9.10. The highest BCUT2D eigenvalue weighted by Crippen LogP contribution is 2.25. The van der Waals surface area contributed by atoms with Crippen LogP contribution in [0.15, 0.2) is 46.9 Å². The Kier molecular flexibility index (Phi) is 5.38. The summed E-state index contributed by atoms with van der Waals surface area (Å²) < 4.78 is 34.5. The van der Waals surface area contributed by atoms with Gasteiger partial charge in [-0.05, 0) is 29.8 Å². The van der Waals surface area contributed by atoms with Gasteiger partial charge in [0.05, 0.1) is 7.11 Å². The number of benzene rings is 2. The minimum absolute atomic E-state index is 0.151. The molecule has 2 rings (SSSR count). The van der Waals surface area contributed by atoms with Crippen LogP contribution in [0.2, 0.25) is 0 Å². The van der Waals surface area contributed by atoms with Crippen LogP contribution in [-0.4, -0.2) is 13.7 Å². The van der Waals surface area contributed by atoms with Gasteiger partial charge in [0.25, 0.3) is 0 Å². The van der Waals surface area contributed by atoms with Crippen molar-refractivity contribution in [3.8, 4) is 11.5 Å². The summed E-state index contributed by atoms with van der Waals surface area (Å²) in [7, 11) is 1.60. The molecule has 0 atom stereocenters. The topological polar surface area (TPSA) is 30.5 Å². The number of halogens is 3. The molecule has 3 nitrogen and oxygen atoms in total. The van der Waals surface area contributed by atoms with E-state index in [1.54, 1.807) is 19.2 Å². The summed E-state index contributed by atoms with van der Waals surface area (Å²) in [5, 5.41) is 3.24. The maximum atomic E-state index is 12.0. The summed E-state index contributed by atoms with van der Waals surface area (Å²) in [6.45, 7) is -2.24. The van der Waals surface area contributed by atoms with E-state index in [4.69, 9.17) is 4.74 Å². The van der Waals surface area contributed by atoms with Gasteiger partial charge < -0.3 is 14.8 Å². The Morgan fingerprint density at radius 2 is 1.81 bits per heavy atom. The van der Waals surface area contributed by atoms with Crippen molar-refractivity contribution in [3.05, 3.63) is 52.5 Å². The third-order valence-corrected chi connectivity index (χ3v) is 3.21. The van der Waals surface area contributed by atoms with E-state index in [9.17, 15) is 8.78 Å². The number of methoxy groups -OCH3 is 1. The van der Waals surface area contributed by atoms with Crippen LogP contribution in [0.3, 0.4) is 0 Å². The second kappa shape index (κ2) is 7.26. The Hall–Kier alpha value is -1.82. The van der Waals surface area contributed by atoms with Crippen LogP contribution in [0.25, 0.3) is 0 Å². The van der Waals surface area contributed by atoms with Gasteiger partial charge in [0.2, 0.25) is 0 Å². The lowest BCUT2D eigenvalue weighted by Crippen LogP contribution is -2.03. The second-order valence-corrected chi connectivity index (χ2v) is 5.17. The Balaban J connectivity index is 1.98. The minimum Gasteiger partial charge on any atom is -0.497 e. The molecule has 2 aromatic rings. The van der Waals surface area contributed by atoms with Crippen LogP contribution in [0.1, 0.15) is 5.56 Å². The SMILES string of the molecule is COc1cc(Br)cc(NCc2ccc(OC(F)F)cc2)c1. The molecule has 0 spiro atoms. The van der Waals surface area contributed by atoms with Gasteiger partial charge in [0.1, 0.15) is 11.5 Å². The molecule has 112 valence electrons. The molecule has 0 heterocycles. The number of hydrogen-bond acceptors (Lipinski definition) is 3. The first kappa shape index (κ1) is 15.6. The highest BCUT2D eigenvalue weighted by Gasteiger charge is 2.04. The van der Waals surface area contributed by atoms with Crippen molar-refractivity contribution >= 4 is 21.6 Å². The molecule has 1 N–H and O–H groups in total. The smallest absolute Gasteiger partial charge is 0.387 e. The largest absolute Gasteiger partial charge is 0.497 e. The van der Waals surface area contributed by atoms with Crippen LogP contribution < -0.4 is 14.8 Å². The normalized spacial score (nSPS) is 10.5. The van der Waals surface area contributed by atoms with E-state index in [2.05, 4.69) is 26.0 Å². The Morgan fingerprint density at radius 1 is 1.10 bits per heavy atom. The molecule has 0 saturated heterocycles. The van der Waals surface area contributed by atoms with Gasteiger partial charge in [-0.25, -0.2) is 0 Å². The third-order valence-electron chi connectivity index (χ3n) is 2.75.